The summed E-state index contributed by atoms with van der Waals surface area (Å²) in [5.74, 6) is 1.83. The van der Waals surface area contributed by atoms with Crippen LogP contribution in [0, 0.1) is 0 Å². The maximum Gasteiger partial charge on any atom is 0.227 e. The second-order valence-electron chi connectivity index (χ2n) is 7.06. The van der Waals surface area contributed by atoms with Crippen molar-refractivity contribution in [2.45, 2.75) is 17.7 Å². The zero-order valence-corrected chi connectivity index (χ0v) is 17.7. The lowest BCUT2D eigenvalue weighted by Gasteiger charge is -2.35. The van der Waals surface area contributed by atoms with Crippen molar-refractivity contribution >= 4 is 46.7 Å². The lowest BCUT2D eigenvalue weighted by molar-refractivity contribution is -0.133. The third kappa shape index (κ3) is 4.67. The Morgan fingerprint density at radius 2 is 1.72 bits per heavy atom. The summed E-state index contributed by atoms with van der Waals surface area (Å²) >= 11 is 7.66. The smallest absolute Gasteiger partial charge is 0.227 e. The fourth-order valence-electron chi connectivity index (χ4n) is 3.68. The van der Waals surface area contributed by atoms with Gasteiger partial charge in [-0.05, 0) is 24.3 Å². The van der Waals surface area contributed by atoms with E-state index in [2.05, 4.69) is 9.88 Å². The number of halogens is 1. The number of hydrogen-bond donors (Lipinski definition) is 0. The van der Waals surface area contributed by atoms with E-state index in [9.17, 15) is 9.59 Å². The van der Waals surface area contributed by atoms with Gasteiger partial charge in [-0.25, -0.2) is 4.98 Å². The number of fused-ring (bicyclic) bond motifs is 1. The molecule has 1 aromatic carbocycles. The summed E-state index contributed by atoms with van der Waals surface area (Å²) in [7, 11) is 0. The van der Waals surface area contributed by atoms with E-state index in [-0.39, 0.29) is 24.7 Å². The molecule has 2 amide bonds. The second-order valence-corrected chi connectivity index (χ2v) is 8.64. The van der Waals surface area contributed by atoms with Crippen LogP contribution in [0.5, 0.6) is 0 Å². The van der Waals surface area contributed by atoms with Crippen LogP contribution in [-0.2, 0) is 9.59 Å². The van der Waals surface area contributed by atoms with Crippen molar-refractivity contribution in [3.8, 4) is 0 Å². The number of benzene rings is 1. The molecule has 6 nitrogen and oxygen atoms in total. The Morgan fingerprint density at radius 3 is 2.48 bits per heavy atom. The number of rotatable bonds is 4. The first-order chi connectivity index (χ1) is 14.1. The minimum atomic E-state index is 0.0232. The fraction of sp³-hybridized carbons (Fsp3) is 0.381. The number of thioether (sulfide) groups is 1. The quantitative estimate of drug-likeness (QED) is 0.744. The van der Waals surface area contributed by atoms with Crippen molar-refractivity contribution in [2.24, 2.45) is 0 Å². The van der Waals surface area contributed by atoms with E-state index in [4.69, 9.17) is 11.6 Å². The summed E-state index contributed by atoms with van der Waals surface area (Å²) in [4.78, 5) is 36.6. The molecule has 1 aromatic heterocycles. The number of piperazine rings is 1. The summed E-state index contributed by atoms with van der Waals surface area (Å²) in [5, 5.41) is 0.613. The first-order valence-electron chi connectivity index (χ1n) is 9.78. The van der Waals surface area contributed by atoms with Gasteiger partial charge in [0.2, 0.25) is 11.8 Å². The molecule has 0 unspecified atom stereocenters. The van der Waals surface area contributed by atoms with Gasteiger partial charge in [-0.1, -0.05) is 23.7 Å². The van der Waals surface area contributed by atoms with Gasteiger partial charge >= 0.3 is 0 Å². The molecule has 2 aliphatic rings. The fourth-order valence-corrected chi connectivity index (χ4v) is 4.78. The molecule has 0 N–H and O–H groups in total. The topological polar surface area (TPSA) is 56.8 Å². The average molecular weight is 431 g/mol. The number of carbonyl (C=O) groups excluding carboxylic acids is 2. The highest BCUT2D eigenvalue weighted by Gasteiger charge is 2.25. The average Bonchev–Trinajstić information content (AvgIpc) is 2.77. The molecule has 3 heterocycles. The first kappa shape index (κ1) is 20.0. The van der Waals surface area contributed by atoms with E-state index < -0.39 is 0 Å². The van der Waals surface area contributed by atoms with E-state index in [1.54, 1.807) is 18.0 Å². The molecule has 2 aliphatic heterocycles. The van der Waals surface area contributed by atoms with Crippen molar-refractivity contribution < 1.29 is 9.59 Å². The number of pyridine rings is 1. The molecule has 8 heteroatoms. The highest BCUT2D eigenvalue weighted by atomic mass is 35.5. The molecule has 2 aromatic rings. The molecule has 0 atom stereocenters. The zero-order valence-electron chi connectivity index (χ0n) is 16.1. The third-order valence-corrected chi connectivity index (χ3v) is 6.52. The Kier molecular flexibility index (Phi) is 6.25. The molecular weight excluding hydrogens is 408 g/mol. The van der Waals surface area contributed by atoms with Crippen LogP contribution in [0.2, 0.25) is 5.02 Å². The van der Waals surface area contributed by atoms with Gasteiger partial charge in [-0.3, -0.25) is 9.59 Å². The Labute approximate surface area is 179 Å². The van der Waals surface area contributed by atoms with Crippen LogP contribution in [0.1, 0.15) is 12.8 Å². The highest BCUT2D eigenvalue weighted by molar-refractivity contribution is 7.99. The second kappa shape index (κ2) is 9.05. The number of anilines is 2. The minimum Gasteiger partial charge on any atom is -0.353 e. The van der Waals surface area contributed by atoms with Gasteiger partial charge in [0.25, 0.3) is 0 Å². The molecule has 4 rings (SSSR count). The predicted molar refractivity (Wildman–Crippen MR) is 117 cm³/mol. The molecule has 0 aliphatic carbocycles. The van der Waals surface area contributed by atoms with Crippen LogP contribution in [0.3, 0.4) is 0 Å². The van der Waals surface area contributed by atoms with E-state index in [0.717, 1.165) is 35.2 Å². The Balaban J connectivity index is 1.27. The van der Waals surface area contributed by atoms with Gasteiger partial charge in [-0.2, -0.15) is 0 Å². The van der Waals surface area contributed by atoms with Crippen molar-refractivity contribution in [3.63, 3.8) is 0 Å². The summed E-state index contributed by atoms with van der Waals surface area (Å²) in [6.45, 7) is 3.43. The monoisotopic (exact) mass is 430 g/mol. The summed E-state index contributed by atoms with van der Waals surface area (Å²) in [5.41, 5.74) is 0.963. The van der Waals surface area contributed by atoms with Crippen molar-refractivity contribution in [1.29, 1.82) is 0 Å². The number of aromatic nitrogens is 1. The van der Waals surface area contributed by atoms with Crippen LogP contribution in [-0.4, -0.2) is 60.2 Å². The van der Waals surface area contributed by atoms with Gasteiger partial charge in [0.1, 0.15) is 5.82 Å². The van der Waals surface area contributed by atoms with Crippen LogP contribution < -0.4 is 9.80 Å². The number of para-hydroxylation sites is 1. The number of nitrogens with zero attached hydrogens (tertiary/aromatic N) is 4. The Morgan fingerprint density at radius 1 is 0.966 bits per heavy atom. The summed E-state index contributed by atoms with van der Waals surface area (Å²) < 4.78 is 0. The lowest BCUT2D eigenvalue weighted by Crippen LogP contribution is -2.49. The molecule has 1 saturated heterocycles. The number of carbonyl (C=O) groups is 2. The van der Waals surface area contributed by atoms with Crippen LogP contribution in [0.4, 0.5) is 11.5 Å². The first-order valence-corrected chi connectivity index (χ1v) is 11.1. The molecule has 0 spiro atoms. The molecule has 152 valence electrons. The predicted octanol–water partition coefficient (Wildman–Crippen LogP) is 3.30. The van der Waals surface area contributed by atoms with Crippen LogP contribution >= 0.6 is 23.4 Å². The van der Waals surface area contributed by atoms with Crippen LogP contribution in [0.15, 0.2) is 47.5 Å². The number of amides is 2. The van der Waals surface area contributed by atoms with Gasteiger partial charge < -0.3 is 14.7 Å². The lowest BCUT2D eigenvalue weighted by atomic mass is 10.2. The SMILES string of the molecule is O=C(CCC(=O)N1CCSc2ccccc21)N1CCN(c2ccc(Cl)cn2)CC1. The molecule has 0 radical (unpaired) electrons. The van der Waals surface area contributed by atoms with Crippen molar-refractivity contribution in [1.82, 2.24) is 9.88 Å². The minimum absolute atomic E-state index is 0.0232. The standard InChI is InChI=1S/C21H23ClN4O2S/c22-16-5-6-19(23-15-16)24-9-11-25(12-10-24)20(27)7-8-21(28)26-13-14-29-18-4-2-1-3-17(18)26/h1-6,15H,7-14H2. The Bertz CT molecular complexity index is 885. The zero-order chi connectivity index (χ0) is 20.2. The number of hydrogen-bond acceptors (Lipinski definition) is 5. The molecule has 0 bridgehead atoms. The van der Waals surface area contributed by atoms with Gasteiger partial charge in [-0.15, -0.1) is 11.8 Å². The van der Waals surface area contributed by atoms with Crippen LogP contribution in [0.25, 0.3) is 0 Å². The molecule has 0 saturated carbocycles. The van der Waals surface area contributed by atoms with Crippen molar-refractivity contribution in [2.75, 3.05) is 48.3 Å². The maximum atomic E-state index is 12.7. The normalized spacial score (nSPS) is 16.5. The highest BCUT2D eigenvalue weighted by Crippen LogP contribution is 2.34. The third-order valence-electron chi connectivity index (χ3n) is 5.25. The van der Waals surface area contributed by atoms with Gasteiger partial charge in [0, 0.05) is 62.4 Å². The molecule has 1 fully saturated rings. The van der Waals surface area contributed by atoms with Gasteiger partial charge in [0.15, 0.2) is 0 Å². The van der Waals surface area contributed by atoms with E-state index in [0.29, 0.717) is 24.7 Å². The van der Waals surface area contributed by atoms with E-state index in [1.165, 1.54) is 0 Å². The Hall–Kier alpha value is -2.25. The summed E-state index contributed by atoms with van der Waals surface area (Å²) in [6, 6.07) is 11.7. The van der Waals surface area contributed by atoms with Crippen molar-refractivity contribution in [3.05, 3.63) is 47.6 Å². The maximum absolute atomic E-state index is 12.7. The largest absolute Gasteiger partial charge is 0.353 e. The van der Waals surface area contributed by atoms with E-state index in [1.807, 2.05) is 46.2 Å². The van der Waals surface area contributed by atoms with E-state index >= 15 is 0 Å². The molecule has 29 heavy (non-hydrogen) atoms. The summed E-state index contributed by atoms with van der Waals surface area (Å²) in [6.07, 6.45) is 2.14. The van der Waals surface area contributed by atoms with Gasteiger partial charge in [0.05, 0.1) is 10.7 Å². The molecular formula is C21H23ClN4O2S.